The molecule has 6 heteroatoms. The van der Waals surface area contributed by atoms with Gasteiger partial charge in [0.05, 0.1) is 17.1 Å². The number of anilines is 1. The van der Waals surface area contributed by atoms with Gasteiger partial charge in [-0.3, -0.25) is 4.79 Å². The molecular weight excluding hydrogens is 256 g/mol. The van der Waals surface area contributed by atoms with Gasteiger partial charge in [-0.1, -0.05) is 0 Å². The summed E-state index contributed by atoms with van der Waals surface area (Å²) in [4.78, 5) is 19.6. The normalized spacial score (nSPS) is 22.3. The average Bonchev–Trinajstić information content (AvgIpc) is 3.03. The van der Waals surface area contributed by atoms with Gasteiger partial charge in [0.15, 0.2) is 0 Å². The fourth-order valence-corrected chi connectivity index (χ4v) is 2.51. The Morgan fingerprint density at radius 2 is 2.40 bits per heavy atom. The van der Waals surface area contributed by atoms with Crippen LogP contribution in [0.3, 0.4) is 0 Å². The quantitative estimate of drug-likeness (QED) is 0.787. The number of nitrogens with zero attached hydrogens (tertiary/aromatic N) is 1. The first-order chi connectivity index (χ1) is 9.65. The van der Waals surface area contributed by atoms with E-state index in [0.717, 1.165) is 35.4 Å². The van der Waals surface area contributed by atoms with Gasteiger partial charge in [-0.05, 0) is 38.0 Å². The molecule has 1 aromatic carbocycles. The molecular formula is C14H18N4O2. The molecule has 0 bridgehead atoms. The molecule has 1 aromatic heterocycles. The van der Waals surface area contributed by atoms with Crippen LogP contribution in [-0.2, 0) is 9.53 Å². The van der Waals surface area contributed by atoms with Crippen LogP contribution >= 0.6 is 0 Å². The minimum Gasteiger partial charge on any atom is -0.364 e. The molecule has 0 spiro atoms. The minimum atomic E-state index is -0.400. The third kappa shape index (κ3) is 2.52. The summed E-state index contributed by atoms with van der Waals surface area (Å²) < 4.78 is 5.58. The zero-order valence-electron chi connectivity index (χ0n) is 11.3. The van der Waals surface area contributed by atoms with Crippen LogP contribution in [0.5, 0.6) is 0 Å². The van der Waals surface area contributed by atoms with E-state index < -0.39 is 6.10 Å². The summed E-state index contributed by atoms with van der Waals surface area (Å²) in [6, 6.07) is 5.60. The van der Waals surface area contributed by atoms with Crippen molar-refractivity contribution in [1.82, 2.24) is 9.97 Å². The molecule has 1 amide bonds. The summed E-state index contributed by atoms with van der Waals surface area (Å²) >= 11 is 0. The molecule has 106 valence electrons. The monoisotopic (exact) mass is 274 g/mol. The molecule has 2 aromatic rings. The summed E-state index contributed by atoms with van der Waals surface area (Å²) in [6.45, 7) is 2.36. The van der Waals surface area contributed by atoms with E-state index in [2.05, 4.69) is 15.3 Å². The first-order valence-electron chi connectivity index (χ1n) is 6.78. The number of amides is 1. The number of H-pyrrole nitrogens is 1. The first-order valence-corrected chi connectivity index (χ1v) is 6.78. The number of imidazole rings is 1. The number of nitrogens with two attached hydrogens (primary N) is 1. The summed E-state index contributed by atoms with van der Waals surface area (Å²) in [5.74, 6) is 0.741. The Labute approximate surface area is 116 Å². The summed E-state index contributed by atoms with van der Waals surface area (Å²) in [5.41, 5.74) is 8.09. The van der Waals surface area contributed by atoms with Crippen molar-refractivity contribution >= 4 is 22.6 Å². The zero-order valence-corrected chi connectivity index (χ0v) is 11.3. The predicted molar refractivity (Wildman–Crippen MR) is 76.4 cm³/mol. The Hall–Kier alpha value is -1.92. The molecule has 3 rings (SSSR count). The standard InChI is InChI=1S/C14H18N4O2/c1-8-16-11-4-2-9(6-12(11)17-8)18-14(19)13-5-3-10(7-15)20-13/h2,4,6,10,13H,3,5,7,15H2,1H3,(H,16,17)(H,18,19). The maximum absolute atomic E-state index is 12.1. The molecule has 1 saturated heterocycles. The van der Waals surface area contributed by atoms with E-state index in [1.165, 1.54) is 0 Å². The second kappa shape index (κ2) is 5.22. The number of aromatic amines is 1. The van der Waals surface area contributed by atoms with Gasteiger partial charge in [-0.2, -0.15) is 0 Å². The third-order valence-corrected chi connectivity index (χ3v) is 3.53. The lowest BCUT2D eigenvalue weighted by Gasteiger charge is -2.12. The van der Waals surface area contributed by atoms with Gasteiger partial charge < -0.3 is 20.8 Å². The highest BCUT2D eigenvalue weighted by Gasteiger charge is 2.29. The molecule has 0 radical (unpaired) electrons. The molecule has 2 unspecified atom stereocenters. The number of nitrogens with one attached hydrogen (secondary N) is 2. The fourth-order valence-electron chi connectivity index (χ4n) is 2.51. The number of ether oxygens (including phenoxy) is 1. The van der Waals surface area contributed by atoms with E-state index in [-0.39, 0.29) is 12.0 Å². The zero-order chi connectivity index (χ0) is 14.1. The van der Waals surface area contributed by atoms with Crippen molar-refractivity contribution in [3.8, 4) is 0 Å². The number of aromatic nitrogens is 2. The van der Waals surface area contributed by atoms with Crippen LogP contribution in [0.2, 0.25) is 0 Å². The van der Waals surface area contributed by atoms with E-state index in [1.807, 2.05) is 25.1 Å². The Bertz CT molecular complexity index is 637. The fraction of sp³-hybridized carbons (Fsp3) is 0.429. The Kier molecular flexibility index (Phi) is 3.42. The van der Waals surface area contributed by atoms with Gasteiger partial charge in [-0.25, -0.2) is 4.98 Å². The van der Waals surface area contributed by atoms with Crippen LogP contribution < -0.4 is 11.1 Å². The third-order valence-electron chi connectivity index (χ3n) is 3.53. The number of carbonyl (C=O) groups is 1. The second-order valence-electron chi connectivity index (χ2n) is 5.10. The van der Waals surface area contributed by atoms with Crippen molar-refractivity contribution in [3.05, 3.63) is 24.0 Å². The molecule has 0 aliphatic carbocycles. The van der Waals surface area contributed by atoms with E-state index in [1.54, 1.807) is 0 Å². The molecule has 20 heavy (non-hydrogen) atoms. The van der Waals surface area contributed by atoms with E-state index in [0.29, 0.717) is 6.54 Å². The molecule has 1 aliphatic heterocycles. The van der Waals surface area contributed by atoms with Crippen molar-refractivity contribution < 1.29 is 9.53 Å². The largest absolute Gasteiger partial charge is 0.364 e. The van der Waals surface area contributed by atoms with Crippen LogP contribution in [0.4, 0.5) is 5.69 Å². The van der Waals surface area contributed by atoms with E-state index >= 15 is 0 Å². The van der Waals surface area contributed by atoms with Crippen molar-refractivity contribution in [3.63, 3.8) is 0 Å². The number of rotatable bonds is 3. The highest BCUT2D eigenvalue weighted by Crippen LogP contribution is 2.22. The highest BCUT2D eigenvalue weighted by molar-refractivity contribution is 5.96. The molecule has 0 saturated carbocycles. The highest BCUT2D eigenvalue weighted by atomic mass is 16.5. The first kappa shape index (κ1) is 13.1. The second-order valence-corrected chi connectivity index (χ2v) is 5.10. The topological polar surface area (TPSA) is 93.0 Å². The lowest BCUT2D eigenvalue weighted by Crippen LogP contribution is -2.29. The molecule has 1 fully saturated rings. The van der Waals surface area contributed by atoms with Crippen LogP contribution in [0, 0.1) is 6.92 Å². The lowest BCUT2D eigenvalue weighted by molar-refractivity contribution is -0.126. The number of hydrogen-bond acceptors (Lipinski definition) is 4. The van der Waals surface area contributed by atoms with Gasteiger partial charge in [-0.15, -0.1) is 0 Å². The van der Waals surface area contributed by atoms with Crippen LogP contribution in [0.15, 0.2) is 18.2 Å². The van der Waals surface area contributed by atoms with Gasteiger partial charge in [0.1, 0.15) is 11.9 Å². The van der Waals surface area contributed by atoms with Crippen molar-refractivity contribution in [2.24, 2.45) is 5.73 Å². The number of benzene rings is 1. The number of carbonyl (C=O) groups excluding carboxylic acids is 1. The van der Waals surface area contributed by atoms with E-state index in [4.69, 9.17) is 10.5 Å². The Morgan fingerprint density at radius 1 is 1.55 bits per heavy atom. The number of fused-ring (bicyclic) bond motifs is 1. The van der Waals surface area contributed by atoms with Crippen LogP contribution in [0.1, 0.15) is 18.7 Å². The maximum Gasteiger partial charge on any atom is 0.253 e. The Balaban J connectivity index is 1.71. The summed E-state index contributed by atoms with van der Waals surface area (Å²) in [6.07, 6.45) is 1.16. The summed E-state index contributed by atoms with van der Waals surface area (Å²) in [5, 5.41) is 2.88. The SMILES string of the molecule is Cc1nc2ccc(NC(=O)C3CCC(CN)O3)cc2[nH]1. The van der Waals surface area contributed by atoms with Crippen molar-refractivity contribution in [2.75, 3.05) is 11.9 Å². The smallest absolute Gasteiger partial charge is 0.253 e. The number of aryl methyl sites for hydroxylation is 1. The van der Waals surface area contributed by atoms with Crippen molar-refractivity contribution in [2.45, 2.75) is 32.0 Å². The number of hydrogen-bond donors (Lipinski definition) is 3. The molecule has 2 heterocycles. The van der Waals surface area contributed by atoms with Gasteiger partial charge in [0.2, 0.25) is 0 Å². The van der Waals surface area contributed by atoms with Gasteiger partial charge in [0.25, 0.3) is 5.91 Å². The van der Waals surface area contributed by atoms with Crippen LogP contribution in [0.25, 0.3) is 11.0 Å². The predicted octanol–water partition coefficient (Wildman–Crippen LogP) is 1.32. The molecule has 2 atom stereocenters. The lowest BCUT2D eigenvalue weighted by atomic mass is 10.2. The molecule has 6 nitrogen and oxygen atoms in total. The summed E-state index contributed by atoms with van der Waals surface area (Å²) in [7, 11) is 0. The minimum absolute atomic E-state index is 0.00323. The van der Waals surface area contributed by atoms with Crippen molar-refractivity contribution in [1.29, 1.82) is 0 Å². The maximum atomic E-state index is 12.1. The van der Waals surface area contributed by atoms with Gasteiger partial charge in [0, 0.05) is 12.2 Å². The van der Waals surface area contributed by atoms with Gasteiger partial charge >= 0.3 is 0 Å². The molecule has 1 aliphatic rings. The Morgan fingerprint density at radius 3 is 3.15 bits per heavy atom. The van der Waals surface area contributed by atoms with Crippen LogP contribution in [-0.4, -0.2) is 34.6 Å². The van der Waals surface area contributed by atoms with E-state index in [9.17, 15) is 4.79 Å². The molecule has 4 N–H and O–H groups in total. The average molecular weight is 274 g/mol.